The molecule has 1 heterocycles. The third kappa shape index (κ3) is 4.13. The highest BCUT2D eigenvalue weighted by Gasteiger charge is 2.14. The van der Waals surface area contributed by atoms with Gasteiger partial charge in [-0.2, -0.15) is 0 Å². The molecule has 0 aliphatic carbocycles. The van der Waals surface area contributed by atoms with E-state index in [1.54, 1.807) is 0 Å². The number of para-hydroxylation sites is 1. The smallest absolute Gasteiger partial charge is 0.224 e. The van der Waals surface area contributed by atoms with Crippen molar-refractivity contribution in [3.8, 4) is 11.5 Å². The van der Waals surface area contributed by atoms with E-state index in [0.717, 1.165) is 28.3 Å². The summed E-state index contributed by atoms with van der Waals surface area (Å²) in [6.45, 7) is 7.47. The largest absolute Gasteiger partial charge is 0.486 e. The van der Waals surface area contributed by atoms with Gasteiger partial charge in [-0.1, -0.05) is 38.1 Å². The number of anilines is 1. The summed E-state index contributed by atoms with van der Waals surface area (Å²) in [6, 6.07) is 12.0. The van der Waals surface area contributed by atoms with E-state index in [2.05, 4.69) is 25.2 Å². The Morgan fingerprint density at radius 3 is 2.64 bits per heavy atom. The molecule has 0 atom stereocenters. The monoisotopic (exact) mass is 339 g/mol. The zero-order valence-electron chi connectivity index (χ0n) is 15.1. The molecule has 1 N–H and O–H groups in total. The van der Waals surface area contributed by atoms with Crippen molar-refractivity contribution in [1.29, 1.82) is 0 Å². The van der Waals surface area contributed by atoms with Gasteiger partial charge in [0, 0.05) is 12.1 Å². The molecule has 0 saturated carbocycles. The molecule has 2 aromatic carbocycles. The fourth-order valence-electron chi connectivity index (χ4n) is 3.05. The molecule has 1 aliphatic rings. The molecule has 0 fully saturated rings. The van der Waals surface area contributed by atoms with Crippen LogP contribution in [0.3, 0.4) is 0 Å². The predicted octanol–water partition coefficient (Wildman–Crippen LogP) is 4.46. The summed E-state index contributed by atoms with van der Waals surface area (Å²) in [4.78, 5) is 12.4. The summed E-state index contributed by atoms with van der Waals surface area (Å²) in [6.07, 6.45) is 1.11. The van der Waals surface area contributed by atoms with Crippen LogP contribution in [0.2, 0.25) is 0 Å². The van der Waals surface area contributed by atoms with Crippen LogP contribution < -0.4 is 14.8 Å². The summed E-state index contributed by atoms with van der Waals surface area (Å²) < 4.78 is 11.1. The second-order valence-corrected chi connectivity index (χ2v) is 6.72. The van der Waals surface area contributed by atoms with E-state index in [1.807, 2.05) is 37.3 Å². The van der Waals surface area contributed by atoms with Crippen molar-refractivity contribution >= 4 is 11.6 Å². The van der Waals surface area contributed by atoms with Gasteiger partial charge in [-0.15, -0.1) is 0 Å². The van der Waals surface area contributed by atoms with E-state index < -0.39 is 0 Å². The Morgan fingerprint density at radius 2 is 1.88 bits per heavy atom. The topological polar surface area (TPSA) is 47.6 Å². The van der Waals surface area contributed by atoms with Gasteiger partial charge in [0.05, 0.1) is 0 Å². The minimum absolute atomic E-state index is 0.0334. The Morgan fingerprint density at radius 1 is 1.12 bits per heavy atom. The molecule has 3 rings (SSSR count). The molecular formula is C21H25NO3. The number of fused-ring (bicyclic) bond motifs is 1. The van der Waals surface area contributed by atoms with Crippen molar-refractivity contribution in [3.63, 3.8) is 0 Å². The first-order valence-corrected chi connectivity index (χ1v) is 8.82. The second kappa shape index (κ2) is 7.60. The Labute approximate surface area is 149 Å². The van der Waals surface area contributed by atoms with Crippen molar-refractivity contribution in [2.24, 2.45) is 0 Å². The molecule has 2 aromatic rings. The van der Waals surface area contributed by atoms with Crippen LogP contribution in [0.15, 0.2) is 36.4 Å². The van der Waals surface area contributed by atoms with E-state index >= 15 is 0 Å². The van der Waals surface area contributed by atoms with Crippen LogP contribution in [0.1, 0.15) is 42.9 Å². The third-order valence-corrected chi connectivity index (χ3v) is 4.44. The van der Waals surface area contributed by atoms with Crippen LogP contribution in [-0.2, 0) is 11.2 Å². The van der Waals surface area contributed by atoms with Crippen molar-refractivity contribution in [3.05, 3.63) is 53.1 Å². The molecular weight excluding hydrogens is 314 g/mol. The summed E-state index contributed by atoms with van der Waals surface area (Å²) in [5.74, 6) is 1.95. The molecule has 0 saturated heterocycles. The lowest BCUT2D eigenvalue weighted by Crippen LogP contribution is -2.16. The highest BCUT2D eigenvalue weighted by atomic mass is 16.6. The average Bonchev–Trinajstić information content (AvgIpc) is 2.61. The van der Waals surface area contributed by atoms with E-state index in [-0.39, 0.29) is 5.91 Å². The first-order chi connectivity index (χ1) is 12.0. The lowest BCUT2D eigenvalue weighted by atomic mass is 9.98. The number of amides is 1. The van der Waals surface area contributed by atoms with Gasteiger partial charge in [0.1, 0.15) is 13.2 Å². The Balaban J connectivity index is 1.64. The highest BCUT2D eigenvalue weighted by molar-refractivity contribution is 5.92. The number of carbonyl (C=O) groups excluding carboxylic acids is 1. The fourth-order valence-corrected chi connectivity index (χ4v) is 3.05. The Kier molecular flexibility index (Phi) is 5.27. The standard InChI is InChI=1S/C21H25NO3/c1-14(2)17-6-4-5-15(3)21(17)22-20(23)10-8-16-7-9-18-19(13-16)25-12-11-24-18/h4-7,9,13-14H,8,10-12H2,1-3H3,(H,22,23). The van der Waals surface area contributed by atoms with Crippen LogP contribution in [0.5, 0.6) is 11.5 Å². The molecule has 0 radical (unpaired) electrons. The van der Waals surface area contributed by atoms with E-state index in [0.29, 0.717) is 32.0 Å². The SMILES string of the molecule is Cc1cccc(C(C)C)c1NC(=O)CCc1ccc2c(c1)OCCO2. The number of nitrogens with one attached hydrogen (secondary N) is 1. The third-order valence-electron chi connectivity index (χ3n) is 4.44. The fraction of sp³-hybridized carbons (Fsp3) is 0.381. The number of aryl methyl sites for hydroxylation is 2. The molecule has 1 aliphatic heterocycles. The lowest BCUT2D eigenvalue weighted by molar-refractivity contribution is -0.116. The number of benzene rings is 2. The molecule has 4 heteroatoms. The van der Waals surface area contributed by atoms with Crippen LogP contribution in [0, 0.1) is 6.92 Å². The van der Waals surface area contributed by atoms with Gasteiger partial charge in [-0.25, -0.2) is 0 Å². The minimum Gasteiger partial charge on any atom is -0.486 e. The molecule has 0 spiro atoms. The number of ether oxygens (including phenoxy) is 2. The first kappa shape index (κ1) is 17.3. The van der Waals surface area contributed by atoms with Gasteiger partial charge in [-0.05, 0) is 48.1 Å². The van der Waals surface area contributed by atoms with E-state index in [1.165, 1.54) is 5.56 Å². The van der Waals surface area contributed by atoms with Crippen LogP contribution in [0.4, 0.5) is 5.69 Å². The normalized spacial score (nSPS) is 13.0. The Bertz CT molecular complexity index is 768. The molecule has 1 amide bonds. The molecule has 0 aromatic heterocycles. The highest BCUT2D eigenvalue weighted by Crippen LogP contribution is 2.31. The maximum absolute atomic E-state index is 12.4. The molecule has 25 heavy (non-hydrogen) atoms. The summed E-state index contributed by atoms with van der Waals surface area (Å²) in [5.41, 5.74) is 4.30. The molecule has 0 bridgehead atoms. The lowest BCUT2D eigenvalue weighted by Gasteiger charge is -2.19. The van der Waals surface area contributed by atoms with Crippen molar-refractivity contribution in [2.45, 2.75) is 39.5 Å². The maximum Gasteiger partial charge on any atom is 0.224 e. The zero-order chi connectivity index (χ0) is 17.8. The quantitative estimate of drug-likeness (QED) is 0.875. The van der Waals surface area contributed by atoms with Crippen molar-refractivity contribution in [1.82, 2.24) is 0 Å². The minimum atomic E-state index is 0.0334. The summed E-state index contributed by atoms with van der Waals surface area (Å²) >= 11 is 0. The zero-order valence-corrected chi connectivity index (χ0v) is 15.1. The molecule has 4 nitrogen and oxygen atoms in total. The number of hydrogen-bond acceptors (Lipinski definition) is 3. The van der Waals surface area contributed by atoms with E-state index in [4.69, 9.17) is 9.47 Å². The van der Waals surface area contributed by atoms with Gasteiger partial charge < -0.3 is 14.8 Å². The second-order valence-electron chi connectivity index (χ2n) is 6.72. The van der Waals surface area contributed by atoms with E-state index in [9.17, 15) is 4.79 Å². The first-order valence-electron chi connectivity index (χ1n) is 8.82. The van der Waals surface area contributed by atoms with Crippen molar-refractivity contribution in [2.75, 3.05) is 18.5 Å². The van der Waals surface area contributed by atoms with Crippen LogP contribution >= 0.6 is 0 Å². The van der Waals surface area contributed by atoms with Gasteiger partial charge in [0.25, 0.3) is 0 Å². The average molecular weight is 339 g/mol. The summed E-state index contributed by atoms with van der Waals surface area (Å²) in [7, 11) is 0. The molecule has 0 unspecified atom stereocenters. The maximum atomic E-state index is 12.4. The number of rotatable bonds is 5. The van der Waals surface area contributed by atoms with Gasteiger partial charge >= 0.3 is 0 Å². The Hall–Kier alpha value is -2.49. The van der Waals surface area contributed by atoms with Gasteiger partial charge in [-0.3, -0.25) is 4.79 Å². The van der Waals surface area contributed by atoms with Gasteiger partial charge in [0.2, 0.25) is 5.91 Å². The number of hydrogen-bond donors (Lipinski definition) is 1. The molecule has 132 valence electrons. The van der Waals surface area contributed by atoms with Crippen LogP contribution in [0.25, 0.3) is 0 Å². The number of carbonyl (C=O) groups is 1. The predicted molar refractivity (Wildman–Crippen MR) is 99.7 cm³/mol. The van der Waals surface area contributed by atoms with Gasteiger partial charge in [0.15, 0.2) is 11.5 Å². The van der Waals surface area contributed by atoms with Crippen LogP contribution in [-0.4, -0.2) is 19.1 Å². The van der Waals surface area contributed by atoms with Crippen molar-refractivity contribution < 1.29 is 14.3 Å². The summed E-state index contributed by atoms with van der Waals surface area (Å²) in [5, 5.41) is 3.10.